The minimum atomic E-state index is -0.363. The average Bonchev–Trinajstić information content (AvgIpc) is 2.41. The van der Waals surface area contributed by atoms with E-state index in [0.717, 1.165) is 5.56 Å². The third-order valence-electron chi connectivity index (χ3n) is 2.82. The number of hydrogen-bond acceptors (Lipinski definition) is 2. The van der Waals surface area contributed by atoms with Crippen LogP contribution in [0.4, 0.5) is 0 Å². The monoisotopic (exact) mass is 310 g/mol. The number of carbonyl (C=O) groups is 1. The fourth-order valence-corrected chi connectivity index (χ4v) is 2.23. The number of pyridine rings is 1. The molecule has 2 rings (SSSR count). The molecule has 2 aromatic rings. The predicted octanol–water partition coefficient (Wildman–Crippen LogP) is 2.95. The van der Waals surface area contributed by atoms with Crippen LogP contribution in [0.5, 0.6) is 0 Å². The van der Waals surface area contributed by atoms with Gasteiger partial charge in [0.2, 0.25) is 0 Å². The summed E-state index contributed by atoms with van der Waals surface area (Å²) in [6, 6.07) is 6.39. The van der Waals surface area contributed by atoms with Crippen LogP contribution in [-0.4, -0.2) is 22.8 Å². The van der Waals surface area contributed by atoms with E-state index >= 15 is 0 Å². The van der Waals surface area contributed by atoms with E-state index in [1.807, 2.05) is 0 Å². The van der Waals surface area contributed by atoms with Crippen molar-refractivity contribution in [3.05, 3.63) is 68.1 Å². The first kappa shape index (κ1) is 14.6. The maximum atomic E-state index is 12.2. The molecule has 0 atom stereocenters. The van der Waals surface area contributed by atoms with Gasteiger partial charge in [-0.2, -0.15) is 0 Å². The lowest BCUT2D eigenvalue weighted by molar-refractivity contribution is 0.0783. The fourth-order valence-electron chi connectivity index (χ4n) is 1.77. The van der Waals surface area contributed by atoms with Gasteiger partial charge in [-0.3, -0.25) is 9.59 Å². The molecule has 1 aromatic heterocycles. The van der Waals surface area contributed by atoms with E-state index in [1.165, 1.54) is 23.4 Å². The normalized spacial score (nSPS) is 10.3. The zero-order chi connectivity index (χ0) is 14.7. The van der Waals surface area contributed by atoms with Gasteiger partial charge in [-0.25, -0.2) is 0 Å². The Bertz CT molecular complexity index is 698. The molecule has 0 saturated heterocycles. The third-order valence-corrected chi connectivity index (χ3v) is 3.41. The summed E-state index contributed by atoms with van der Waals surface area (Å²) in [5.74, 6) is -0.363. The average molecular weight is 311 g/mol. The molecule has 1 N–H and O–H groups in total. The molecule has 0 unspecified atom stereocenters. The number of nitrogens with zero attached hydrogens (tertiary/aromatic N) is 1. The summed E-state index contributed by atoms with van der Waals surface area (Å²) < 4.78 is 0. The number of rotatable bonds is 3. The molecule has 6 heteroatoms. The van der Waals surface area contributed by atoms with E-state index in [0.29, 0.717) is 16.6 Å². The molecule has 104 valence electrons. The lowest BCUT2D eigenvalue weighted by Gasteiger charge is -2.17. The molecule has 0 fully saturated rings. The van der Waals surface area contributed by atoms with Crippen molar-refractivity contribution in [3.63, 3.8) is 0 Å². The van der Waals surface area contributed by atoms with Crippen molar-refractivity contribution in [1.29, 1.82) is 0 Å². The highest BCUT2D eigenvalue weighted by atomic mass is 35.5. The quantitative estimate of drug-likeness (QED) is 0.947. The Hall–Kier alpha value is -1.78. The third kappa shape index (κ3) is 3.21. The van der Waals surface area contributed by atoms with Crippen molar-refractivity contribution >= 4 is 29.1 Å². The molecular formula is C14H12Cl2N2O2. The SMILES string of the molecule is CN(Cc1ccc(Cl)cc1Cl)C(=O)c1c[nH]ccc1=O. The molecule has 0 aliphatic rings. The smallest absolute Gasteiger partial charge is 0.259 e. The zero-order valence-electron chi connectivity index (χ0n) is 10.7. The minimum absolute atomic E-state index is 0.0973. The fraction of sp³-hybridized carbons (Fsp3) is 0.143. The van der Waals surface area contributed by atoms with E-state index in [4.69, 9.17) is 23.2 Å². The predicted molar refractivity (Wildman–Crippen MR) is 79.3 cm³/mol. The highest BCUT2D eigenvalue weighted by Crippen LogP contribution is 2.22. The number of nitrogens with one attached hydrogen (secondary N) is 1. The minimum Gasteiger partial charge on any atom is -0.367 e. The Morgan fingerprint density at radius 3 is 2.70 bits per heavy atom. The summed E-state index contributed by atoms with van der Waals surface area (Å²) >= 11 is 11.9. The number of carbonyl (C=O) groups excluding carboxylic acids is 1. The van der Waals surface area contributed by atoms with Gasteiger partial charge >= 0.3 is 0 Å². The molecule has 0 saturated carbocycles. The van der Waals surface area contributed by atoms with Gasteiger partial charge < -0.3 is 9.88 Å². The van der Waals surface area contributed by atoms with E-state index in [9.17, 15) is 9.59 Å². The molecule has 0 aliphatic heterocycles. The summed E-state index contributed by atoms with van der Waals surface area (Å²) in [5.41, 5.74) is 0.544. The number of hydrogen-bond donors (Lipinski definition) is 1. The zero-order valence-corrected chi connectivity index (χ0v) is 12.2. The topological polar surface area (TPSA) is 53.2 Å². The van der Waals surface area contributed by atoms with Crippen molar-refractivity contribution in [2.75, 3.05) is 7.05 Å². The summed E-state index contributed by atoms with van der Waals surface area (Å²) in [7, 11) is 1.61. The summed E-state index contributed by atoms with van der Waals surface area (Å²) in [4.78, 5) is 28.0. The standard InChI is InChI=1S/C14H12Cl2N2O2/c1-18(8-9-2-3-10(15)6-12(9)16)14(20)11-7-17-5-4-13(11)19/h2-7H,8H2,1H3,(H,17,19). The lowest BCUT2D eigenvalue weighted by atomic mass is 10.2. The largest absolute Gasteiger partial charge is 0.367 e. The molecule has 4 nitrogen and oxygen atoms in total. The van der Waals surface area contributed by atoms with E-state index in [-0.39, 0.29) is 16.9 Å². The molecule has 0 radical (unpaired) electrons. The first-order valence-corrected chi connectivity index (χ1v) is 6.61. The van der Waals surface area contributed by atoms with Gasteiger partial charge in [0, 0.05) is 42.1 Å². The van der Waals surface area contributed by atoms with Gasteiger partial charge in [0.05, 0.1) is 0 Å². The summed E-state index contributed by atoms with van der Waals surface area (Å²) in [6.07, 6.45) is 2.87. The van der Waals surface area contributed by atoms with Crippen LogP contribution in [0.25, 0.3) is 0 Å². The van der Waals surface area contributed by atoms with Crippen LogP contribution in [-0.2, 0) is 6.54 Å². The van der Waals surface area contributed by atoms with Crippen molar-refractivity contribution in [2.45, 2.75) is 6.54 Å². The molecule has 1 heterocycles. The van der Waals surface area contributed by atoms with Gasteiger partial charge in [0.1, 0.15) is 5.56 Å². The summed E-state index contributed by atoms with van der Waals surface area (Å²) in [6.45, 7) is 0.295. The first-order chi connectivity index (χ1) is 9.49. The molecule has 20 heavy (non-hydrogen) atoms. The van der Waals surface area contributed by atoms with Crippen LogP contribution in [0.2, 0.25) is 10.0 Å². The number of benzene rings is 1. The number of aromatic nitrogens is 1. The second-order valence-corrected chi connectivity index (χ2v) is 5.16. The van der Waals surface area contributed by atoms with Gasteiger partial charge in [-0.05, 0) is 17.7 Å². The van der Waals surface area contributed by atoms with Crippen molar-refractivity contribution in [2.24, 2.45) is 0 Å². The highest BCUT2D eigenvalue weighted by molar-refractivity contribution is 6.35. The van der Waals surface area contributed by atoms with E-state index in [2.05, 4.69) is 4.98 Å². The molecule has 0 aliphatic carbocycles. The Morgan fingerprint density at radius 1 is 1.30 bits per heavy atom. The number of H-pyrrole nitrogens is 1. The van der Waals surface area contributed by atoms with Gasteiger partial charge in [0.15, 0.2) is 5.43 Å². The second-order valence-electron chi connectivity index (χ2n) is 4.32. The first-order valence-electron chi connectivity index (χ1n) is 5.85. The number of halogens is 2. The van der Waals surface area contributed by atoms with Crippen LogP contribution in [0.15, 0.2) is 41.5 Å². The Morgan fingerprint density at radius 2 is 2.05 bits per heavy atom. The lowest BCUT2D eigenvalue weighted by Crippen LogP contribution is -2.30. The van der Waals surface area contributed by atoms with Gasteiger partial charge in [-0.15, -0.1) is 0 Å². The van der Waals surface area contributed by atoms with Gasteiger partial charge in [-0.1, -0.05) is 29.3 Å². The van der Waals surface area contributed by atoms with Crippen molar-refractivity contribution < 1.29 is 4.79 Å². The van der Waals surface area contributed by atoms with E-state index in [1.54, 1.807) is 25.2 Å². The molecule has 1 aromatic carbocycles. The Labute approximate surface area is 125 Å². The maximum Gasteiger partial charge on any atom is 0.259 e. The molecule has 0 bridgehead atoms. The molecule has 0 spiro atoms. The van der Waals surface area contributed by atoms with E-state index < -0.39 is 0 Å². The van der Waals surface area contributed by atoms with Crippen molar-refractivity contribution in [3.8, 4) is 0 Å². The summed E-state index contributed by atoms with van der Waals surface area (Å²) in [5, 5.41) is 1.02. The van der Waals surface area contributed by atoms with Crippen LogP contribution >= 0.6 is 23.2 Å². The van der Waals surface area contributed by atoms with Crippen LogP contribution in [0.3, 0.4) is 0 Å². The molecule has 1 amide bonds. The number of aromatic amines is 1. The second kappa shape index (κ2) is 6.11. The van der Waals surface area contributed by atoms with Crippen molar-refractivity contribution in [1.82, 2.24) is 9.88 Å². The van der Waals surface area contributed by atoms with Gasteiger partial charge in [0.25, 0.3) is 5.91 Å². The highest BCUT2D eigenvalue weighted by Gasteiger charge is 2.16. The maximum absolute atomic E-state index is 12.2. The Balaban J connectivity index is 2.20. The van der Waals surface area contributed by atoms with Crippen LogP contribution < -0.4 is 5.43 Å². The number of amides is 1. The van der Waals surface area contributed by atoms with Crippen LogP contribution in [0, 0.1) is 0 Å². The molecular weight excluding hydrogens is 299 g/mol. The van der Waals surface area contributed by atoms with Crippen LogP contribution in [0.1, 0.15) is 15.9 Å². The Kier molecular flexibility index (Phi) is 4.47.